The van der Waals surface area contributed by atoms with E-state index in [4.69, 9.17) is 0 Å². The van der Waals surface area contributed by atoms with E-state index in [1.54, 1.807) is 0 Å². The average Bonchev–Trinajstić information content (AvgIpc) is 3.04. The summed E-state index contributed by atoms with van der Waals surface area (Å²) in [5, 5.41) is 8.71. The van der Waals surface area contributed by atoms with Crippen LogP contribution < -0.4 is 16.0 Å². The first-order valence-electron chi connectivity index (χ1n) is 9.67. The summed E-state index contributed by atoms with van der Waals surface area (Å²) in [4.78, 5) is 37.2. The lowest BCUT2D eigenvalue weighted by atomic mass is 9.98. The lowest BCUT2D eigenvalue weighted by Crippen LogP contribution is -2.41. The van der Waals surface area contributed by atoms with Gasteiger partial charge in [0.2, 0.25) is 11.8 Å². The maximum Gasteiger partial charge on any atom is 0.315 e. The van der Waals surface area contributed by atoms with Crippen LogP contribution in [0.1, 0.15) is 50.3 Å². The maximum absolute atomic E-state index is 12.2. The van der Waals surface area contributed by atoms with Crippen LogP contribution in [0.3, 0.4) is 0 Å². The van der Waals surface area contributed by atoms with Crippen LogP contribution in [0.2, 0.25) is 0 Å². The predicted molar refractivity (Wildman–Crippen MR) is 103 cm³/mol. The fourth-order valence-electron chi connectivity index (χ4n) is 3.61. The van der Waals surface area contributed by atoms with Crippen molar-refractivity contribution >= 4 is 23.5 Å². The Morgan fingerprint density at radius 1 is 1.22 bits per heavy atom. The zero-order chi connectivity index (χ0) is 19.4. The van der Waals surface area contributed by atoms with Gasteiger partial charge in [-0.2, -0.15) is 0 Å². The summed E-state index contributed by atoms with van der Waals surface area (Å²) in [6.45, 7) is 6.01. The molecule has 1 aromatic rings. The van der Waals surface area contributed by atoms with Crippen LogP contribution in [-0.4, -0.2) is 42.4 Å². The van der Waals surface area contributed by atoms with Gasteiger partial charge in [-0.1, -0.05) is 19.1 Å². The van der Waals surface area contributed by atoms with E-state index in [9.17, 15) is 14.4 Å². The Morgan fingerprint density at radius 2 is 2.04 bits per heavy atom. The molecule has 3 rings (SSSR count). The van der Waals surface area contributed by atoms with Crippen LogP contribution in [0.4, 0.5) is 10.5 Å². The molecule has 0 spiro atoms. The third-order valence-corrected chi connectivity index (χ3v) is 5.19. The lowest BCUT2D eigenvalue weighted by molar-refractivity contribution is -0.128. The second kappa shape index (κ2) is 8.41. The molecule has 0 bridgehead atoms. The first kappa shape index (κ1) is 19.2. The molecule has 0 aromatic heterocycles. The van der Waals surface area contributed by atoms with E-state index >= 15 is 0 Å². The molecule has 3 N–H and O–H groups in total. The summed E-state index contributed by atoms with van der Waals surface area (Å²) in [7, 11) is 0. The summed E-state index contributed by atoms with van der Waals surface area (Å²) < 4.78 is 0. The van der Waals surface area contributed by atoms with Gasteiger partial charge < -0.3 is 20.9 Å². The standard InChI is InChI=1S/C20H28N4O3/c1-13(12-24-9-3-4-19(24)26)11-21-20(27)22-14(2)15-5-7-17-16(10-15)6-8-18(25)23-17/h5,7,10,13-14H,3-4,6,8-9,11-12H2,1-2H3,(H,23,25)(H2,21,22,27)/t13-,14+/m0/s1. The Bertz CT molecular complexity index is 734. The maximum atomic E-state index is 12.2. The van der Waals surface area contributed by atoms with Crippen molar-refractivity contribution in [2.45, 2.75) is 45.6 Å². The van der Waals surface area contributed by atoms with Gasteiger partial charge in [0.15, 0.2) is 0 Å². The van der Waals surface area contributed by atoms with Crippen molar-refractivity contribution in [2.75, 3.05) is 25.0 Å². The number of anilines is 1. The number of urea groups is 1. The number of carbonyl (C=O) groups is 3. The smallest absolute Gasteiger partial charge is 0.315 e. The van der Waals surface area contributed by atoms with Gasteiger partial charge in [-0.25, -0.2) is 4.79 Å². The Kier molecular flexibility index (Phi) is 5.98. The van der Waals surface area contributed by atoms with Crippen molar-refractivity contribution in [3.8, 4) is 0 Å². The van der Waals surface area contributed by atoms with Gasteiger partial charge in [0.1, 0.15) is 0 Å². The monoisotopic (exact) mass is 372 g/mol. The number of hydrogen-bond acceptors (Lipinski definition) is 3. The number of carbonyl (C=O) groups excluding carboxylic acids is 3. The molecule has 1 saturated heterocycles. The highest BCUT2D eigenvalue weighted by atomic mass is 16.2. The third kappa shape index (κ3) is 4.99. The largest absolute Gasteiger partial charge is 0.342 e. The quantitative estimate of drug-likeness (QED) is 0.715. The van der Waals surface area contributed by atoms with E-state index in [-0.39, 0.29) is 29.8 Å². The fraction of sp³-hybridized carbons (Fsp3) is 0.550. The molecule has 1 fully saturated rings. The molecule has 0 saturated carbocycles. The van der Waals surface area contributed by atoms with Crippen LogP contribution in [0, 0.1) is 5.92 Å². The highest BCUT2D eigenvalue weighted by Gasteiger charge is 2.22. The van der Waals surface area contributed by atoms with E-state index in [1.807, 2.05) is 36.9 Å². The van der Waals surface area contributed by atoms with E-state index < -0.39 is 0 Å². The zero-order valence-electron chi connectivity index (χ0n) is 16.0. The fourth-order valence-corrected chi connectivity index (χ4v) is 3.61. The van der Waals surface area contributed by atoms with Crippen LogP contribution >= 0.6 is 0 Å². The number of nitrogens with one attached hydrogen (secondary N) is 3. The minimum absolute atomic E-state index is 0.0468. The summed E-state index contributed by atoms with van der Waals surface area (Å²) in [6.07, 6.45) is 2.79. The Labute approximate surface area is 159 Å². The number of rotatable bonds is 6. The molecule has 0 unspecified atom stereocenters. The zero-order valence-corrected chi connectivity index (χ0v) is 16.0. The number of hydrogen-bond donors (Lipinski definition) is 3. The molecule has 4 amide bonds. The molecule has 7 nitrogen and oxygen atoms in total. The lowest BCUT2D eigenvalue weighted by Gasteiger charge is -2.22. The van der Waals surface area contributed by atoms with E-state index in [2.05, 4.69) is 16.0 Å². The Balaban J connectivity index is 1.46. The van der Waals surface area contributed by atoms with Crippen molar-refractivity contribution in [1.29, 1.82) is 0 Å². The summed E-state index contributed by atoms with van der Waals surface area (Å²) in [5.41, 5.74) is 2.97. The van der Waals surface area contributed by atoms with Crippen LogP contribution in [0.15, 0.2) is 18.2 Å². The number of likely N-dealkylation sites (tertiary alicyclic amines) is 1. The van der Waals surface area contributed by atoms with Gasteiger partial charge >= 0.3 is 6.03 Å². The van der Waals surface area contributed by atoms with Crippen molar-refractivity contribution in [2.24, 2.45) is 5.92 Å². The minimum atomic E-state index is -0.215. The normalized spacial score (nSPS) is 18.5. The Morgan fingerprint density at radius 3 is 2.78 bits per heavy atom. The first-order valence-corrected chi connectivity index (χ1v) is 9.67. The molecule has 2 heterocycles. The number of aryl methyl sites for hydroxylation is 1. The van der Waals surface area contributed by atoms with Crippen LogP contribution in [0.5, 0.6) is 0 Å². The molecule has 7 heteroatoms. The van der Waals surface area contributed by atoms with E-state index in [0.29, 0.717) is 25.9 Å². The van der Waals surface area contributed by atoms with Gasteiger partial charge in [-0.05, 0) is 42.9 Å². The molecule has 0 aliphatic carbocycles. The van der Waals surface area contributed by atoms with E-state index in [1.165, 1.54) is 0 Å². The molecule has 146 valence electrons. The first-order chi connectivity index (χ1) is 12.9. The molecule has 1 aromatic carbocycles. The highest BCUT2D eigenvalue weighted by Crippen LogP contribution is 2.26. The summed E-state index contributed by atoms with van der Waals surface area (Å²) in [6, 6.07) is 5.52. The van der Waals surface area contributed by atoms with Gasteiger partial charge in [-0.15, -0.1) is 0 Å². The topological polar surface area (TPSA) is 90.5 Å². The molecular formula is C20H28N4O3. The second-order valence-corrected chi connectivity index (χ2v) is 7.59. The van der Waals surface area contributed by atoms with Crippen molar-refractivity contribution in [1.82, 2.24) is 15.5 Å². The third-order valence-electron chi connectivity index (χ3n) is 5.19. The van der Waals surface area contributed by atoms with Crippen LogP contribution in [-0.2, 0) is 16.0 Å². The van der Waals surface area contributed by atoms with E-state index in [0.717, 1.165) is 36.2 Å². The number of fused-ring (bicyclic) bond motifs is 1. The molecule has 2 aliphatic rings. The van der Waals surface area contributed by atoms with Gasteiger partial charge in [-0.3, -0.25) is 9.59 Å². The average molecular weight is 372 g/mol. The molecule has 2 aliphatic heterocycles. The van der Waals surface area contributed by atoms with Gasteiger partial charge in [0.25, 0.3) is 0 Å². The summed E-state index contributed by atoms with van der Waals surface area (Å²) >= 11 is 0. The van der Waals surface area contributed by atoms with Crippen LogP contribution in [0.25, 0.3) is 0 Å². The van der Waals surface area contributed by atoms with Crippen molar-refractivity contribution in [3.05, 3.63) is 29.3 Å². The van der Waals surface area contributed by atoms with Gasteiger partial charge in [0, 0.05) is 38.2 Å². The molecule has 0 radical (unpaired) electrons. The second-order valence-electron chi connectivity index (χ2n) is 7.59. The number of nitrogens with zero attached hydrogens (tertiary/aromatic N) is 1. The highest BCUT2D eigenvalue weighted by molar-refractivity contribution is 5.93. The SMILES string of the molecule is C[C@@H](CNC(=O)N[C@H](C)c1ccc2c(c1)CCC(=O)N2)CN1CCCC1=O. The predicted octanol–water partition coefficient (Wildman–Crippen LogP) is 2.19. The molecule has 2 atom stereocenters. The number of amides is 4. The Hall–Kier alpha value is -2.57. The number of benzene rings is 1. The van der Waals surface area contributed by atoms with Crippen molar-refractivity contribution < 1.29 is 14.4 Å². The molecular weight excluding hydrogens is 344 g/mol. The van der Waals surface area contributed by atoms with Crippen molar-refractivity contribution in [3.63, 3.8) is 0 Å². The summed E-state index contributed by atoms with van der Waals surface area (Å²) in [5.74, 6) is 0.467. The van der Waals surface area contributed by atoms with Gasteiger partial charge in [0.05, 0.1) is 6.04 Å². The minimum Gasteiger partial charge on any atom is -0.342 e. The molecule has 27 heavy (non-hydrogen) atoms.